The standard InChI is InChI=1S/C19H21NO2/c1-14(21)7-8-16-12-20-19-10-9-17(11-18(16)19)22-13-15-5-3-2-4-6-15/h2-6,9-12,14,20-21H,7-8,13H2,1H3. The Kier molecular flexibility index (Phi) is 4.45. The van der Waals surface area contributed by atoms with E-state index in [9.17, 15) is 5.11 Å². The zero-order valence-corrected chi connectivity index (χ0v) is 12.8. The van der Waals surface area contributed by atoms with E-state index in [4.69, 9.17) is 4.74 Å². The number of aromatic amines is 1. The molecule has 2 N–H and O–H groups in total. The lowest BCUT2D eigenvalue weighted by Crippen LogP contribution is -2.00. The van der Waals surface area contributed by atoms with Gasteiger partial charge >= 0.3 is 0 Å². The number of aliphatic hydroxyl groups excluding tert-OH is 1. The Labute approximate surface area is 130 Å². The zero-order chi connectivity index (χ0) is 15.4. The van der Waals surface area contributed by atoms with Crippen LogP contribution in [0.3, 0.4) is 0 Å². The van der Waals surface area contributed by atoms with E-state index in [1.165, 1.54) is 10.9 Å². The smallest absolute Gasteiger partial charge is 0.120 e. The molecular weight excluding hydrogens is 274 g/mol. The number of hydrogen-bond donors (Lipinski definition) is 2. The molecule has 3 nitrogen and oxygen atoms in total. The third kappa shape index (κ3) is 3.49. The van der Waals surface area contributed by atoms with Crippen molar-refractivity contribution in [3.05, 3.63) is 65.9 Å². The van der Waals surface area contributed by atoms with Crippen molar-refractivity contribution in [1.29, 1.82) is 0 Å². The van der Waals surface area contributed by atoms with Gasteiger partial charge in [0.2, 0.25) is 0 Å². The van der Waals surface area contributed by atoms with Crippen LogP contribution in [0.2, 0.25) is 0 Å². The fourth-order valence-corrected chi connectivity index (χ4v) is 2.56. The number of ether oxygens (including phenoxy) is 1. The predicted octanol–water partition coefficient (Wildman–Crippen LogP) is 4.06. The molecule has 3 heteroatoms. The van der Waals surface area contributed by atoms with Crippen molar-refractivity contribution >= 4 is 10.9 Å². The number of fused-ring (bicyclic) bond motifs is 1. The fourth-order valence-electron chi connectivity index (χ4n) is 2.56. The van der Waals surface area contributed by atoms with E-state index in [0.717, 1.165) is 29.7 Å². The third-order valence-corrected chi connectivity index (χ3v) is 3.82. The van der Waals surface area contributed by atoms with E-state index in [2.05, 4.69) is 23.2 Å². The average Bonchev–Trinajstić information content (AvgIpc) is 2.94. The monoisotopic (exact) mass is 295 g/mol. The molecule has 0 aliphatic heterocycles. The third-order valence-electron chi connectivity index (χ3n) is 3.82. The second kappa shape index (κ2) is 6.67. The summed E-state index contributed by atoms with van der Waals surface area (Å²) in [5, 5.41) is 10.6. The molecule has 22 heavy (non-hydrogen) atoms. The Hall–Kier alpha value is -2.26. The summed E-state index contributed by atoms with van der Waals surface area (Å²) in [6, 6.07) is 16.3. The molecule has 3 aromatic rings. The van der Waals surface area contributed by atoms with E-state index < -0.39 is 0 Å². The van der Waals surface area contributed by atoms with Crippen molar-refractivity contribution < 1.29 is 9.84 Å². The lowest BCUT2D eigenvalue weighted by Gasteiger charge is -2.07. The first kappa shape index (κ1) is 14.7. The molecule has 1 heterocycles. The molecule has 1 atom stereocenters. The van der Waals surface area contributed by atoms with E-state index in [1.807, 2.05) is 43.5 Å². The molecule has 0 spiro atoms. The molecule has 0 bridgehead atoms. The Morgan fingerprint density at radius 2 is 1.95 bits per heavy atom. The lowest BCUT2D eigenvalue weighted by molar-refractivity contribution is 0.185. The van der Waals surface area contributed by atoms with Crippen LogP contribution >= 0.6 is 0 Å². The minimum Gasteiger partial charge on any atom is -0.489 e. The number of aryl methyl sites for hydroxylation is 1. The quantitative estimate of drug-likeness (QED) is 0.720. The van der Waals surface area contributed by atoms with Crippen LogP contribution in [0.15, 0.2) is 54.7 Å². The molecule has 0 aliphatic carbocycles. The summed E-state index contributed by atoms with van der Waals surface area (Å²) in [6.07, 6.45) is 3.37. The van der Waals surface area contributed by atoms with Gasteiger partial charge in [0.1, 0.15) is 12.4 Å². The first-order valence-electron chi connectivity index (χ1n) is 7.67. The van der Waals surface area contributed by atoms with Gasteiger partial charge in [0.15, 0.2) is 0 Å². The van der Waals surface area contributed by atoms with Crippen LogP contribution in [0, 0.1) is 0 Å². The molecule has 0 fully saturated rings. The summed E-state index contributed by atoms with van der Waals surface area (Å²) in [5.41, 5.74) is 3.49. The normalized spacial score (nSPS) is 12.5. The number of aromatic nitrogens is 1. The molecular formula is C19H21NO2. The summed E-state index contributed by atoms with van der Waals surface area (Å²) in [4.78, 5) is 3.28. The number of hydrogen-bond acceptors (Lipinski definition) is 2. The maximum absolute atomic E-state index is 9.45. The molecule has 114 valence electrons. The Balaban J connectivity index is 1.75. The molecule has 2 aromatic carbocycles. The van der Waals surface area contributed by atoms with Crippen LogP contribution in [0.4, 0.5) is 0 Å². The van der Waals surface area contributed by atoms with Gasteiger partial charge in [-0.2, -0.15) is 0 Å². The predicted molar refractivity (Wildman–Crippen MR) is 89.1 cm³/mol. The zero-order valence-electron chi connectivity index (χ0n) is 12.8. The summed E-state index contributed by atoms with van der Waals surface area (Å²) >= 11 is 0. The van der Waals surface area contributed by atoms with Gasteiger partial charge in [-0.15, -0.1) is 0 Å². The molecule has 0 saturated heterocycles. The number of rotatable bonds is 6. The van der Waals surface area contributed by atoms with E-state index in [0.29, 0.717) is 6.61 Å². The minimum absolute atomic E-state index is 0.275. The maximum Gasteiger partial charge on any atom is 0.120 e. The highest BCUT2D eigenvalue weighted by Crippen LogP contribution is 2.25. The second-order valence-electron chi connectivity index (χ2n) is 5.68. The summed E-state index contributed by atoms with van der Waals surface area (Å²) in [5.74, 6) is 0.870. The van der Waals surface area contributed by atoms with Gasteiger partial charge in [0.25, 0.3) is 0 Å². The molecule has 1 aromatic heterocycles. The van der Waals surface area contributed by atoms with Gasteiger partial charge < -0.3 is 14.8 Å². The Bertz CT molecular complexity index is 732. The van der Waals surface area contributed by atoms with Crippen molar-refractivity contribution in [1.82, 2.24) is 4.98 Å². The van der Waals surface area contributed by atoms with Crippen LogP contribution < -0.4 is 4.74 Å². The molecule has 0 saturated carbocycles. The number of nitrogens with one attached hydrogen (secondary N) is 1. The fraction of sp³-hybridized carbons (Fsp3) is 0.263. The van der Waals surface area contributed by atoms with Gasteiger partial charge in [-0.25, -0.2) is 0 Å². The van der Waals surface area contributed by atoms with Crippen LogP contribution in [-0.2, 0) is 13.0 Å². The summed E-state index contributed by atoms with van der Waals surface area (Å²) < 4.78 is 5.89. The topological polar surface area (TPSA) is 45.2 Å². The van der Waals surface area contributed by atoms with Crippen molar-refractivity contribution in [3.63, 3.8) is 0 Å². The van der Waals surface area contributed by atoms with E-state index in [1.54, 1.807) is 0 Å². The van der Waals surface area contributed by atoms with Crippen molar-refractivity contribution in [2.24, 2.45) is 0 Å². The van der Waals surface area contributed by atoms with Crippen LogP contribution in [0.5, 0.6) is 5.75 Å². The highest BCUT2D eigenvalue weighted by atomic mass is 16.5. The van der Waals surface area contributed by atoms with Crippen LogP contribution in [-0.4, -0.2) is 16.2 Å². The first-order valence-corrected chi connectivity index (χ1v) is 7.67. The number of benzene rings is 2. The van der Waals surface area contributed by atoms with E-state index >= 15 is 0 Å². The molecule has 0 aliphatic rings. The van der Waals surface area contributed by atoms with Gasteiger partial charge in [-0.3, -0.25) is 0 Å². The molecule has 3 rings (SSSR count). The van der Waals surface area contributed by atoms with Crippen molar-refractivity contribution in [2.75, 3.05) is 0 Å². The highest BCUT2D eigenvalue weighted by Gasteiger charge is 2.07. The highest BCUT2D eigenvalue weighted by molar-refractivity contribution is 5.84. The van der Waals surface area contributed by atoms with Crippen molar-refractivity contribution in [2.45, 2.75) is 32.5 Å². The molecule has 0 amide bonds. The van der Waals surface area contributed by atoms with Crippen LogP contribution in [0.1, 0.15) is 24.5 Å². The molecule has 0 radical (unpaired) electrons. The largest absolute Gasteiger partial charge is 0.489 e. The summed E-state index contributed by atoms with van der Waals surface area (Å²) in [7, 11) is 0. The Morgan fingerprint density at radius 3 is 2.73 bits per heavy atom. The first-order chi connectivity index (χ1) is 10.7. The summed E-state index contributed by atoms with van der Waals surface area (Å²) in [6.45, 7) is 2.39. The number of H-pyrrole nitrogens is 1. The van der Waals surface area contributed by atoms with Crippen molar-refractivity contribution in [3.8, 4) is 5.75 Å². The van der Waals surface area contributed by atoms with Crippen LogP contribution in [0.25, 0.3) is 10.9 Å². The molecule has 1 unspecified atom stereocenters. The van der Waals surface area contributed by atoms with E-state index in [-0.39, 0.29) is 6.10 Å². The Morgan fingerprint density at radius 1 is 1.14 bits per heavy atom. The second-order valence-corrected chi connectivity index (χ2v) is 5.68. The number of aliphatic hydroxyl groups is 1. The lowest BCUT2D eigenvalue weighted by atomic mass is 10.1. The SMILES string of the molecule is CC(O)CCc1c[nH]c2ccc(OCc3ccccc3)cc12. The van der Waals surface area contributed by atoms with Gasteiger partial charge in [-0.1, -0.05) is 30.3 Å². The average molecular weight is 295 g/mol. The van der Waals surface area contributed by atoms with Gasteiger partial charge in [-0.05, 0) is 49.1 Å². The van der Waals surface area contributed by atoms with Gasteiger partial charge in [0.05, 0.1) is 6.10 Å². The minimum atomic E-state index is -0.275. The van der Waals surface area contributed by atoms with Gasteiger partial charge in [0, 0.05) is 17.1 Å². The maximum atomic E-state index is 9.45.